The smallest absolute Gasteiger partial charge is 0.307 e. The van der Waals surface area contributed by atoms with E-state index in [1.54, 1.807) is 6.92 Å². The standard InChI is InChI=1S/C17H20N2O5S/c1-2-18-25(23,24)13-7-5-12(6-8-13)19-16(20)14-10-3-4-11(9-10)15(14)17(21)22/h3-8,10-11,14-15,18H,2,9H2,1H3,(H,19,20)(H,21,22). The Hall–Kier alpha value is -2.19. The van der Waals surface area contributed by atoms with E-state index in [9.17, 15) is 23.1 Å². The molecule has 3 rings (SSSR count). The fourth-order valence-electron chi connectivity index (χ4n) is 3.73. The van der Waals surface area contributed by atoms with Gasteiger partial charge in [-0.1, -0.05) is 19.1 Å². The minimum Gasteiger partial charge on any atom is -0.481 e. The van der Waals surface area contributed by atoms with E-state index in [4.69, 9.17) is 0 Å². The molecule has 0 saturated heterocycles. The van der Waals surface area contributed by atoms with Crippen LogP contribution in [0.15, 0.2) is 41.3 Å². The third-order valence-electron chi connectivity index (χ3n) is 4.81. The van der Waals surface area contributed by atoms with Crippen LogP contribution in [0.5, 0.6) is 0 Å². The molecule has 25 heavy (non-hydrogen) atoms. The first kappa shape index (κ1) is 17.6. The SMILES string of the molecule is CCNS(=O)(=O)c1ccc(NC(=O)C2C3C=CC(C3)C2C(=O)O)cc1. The highest BCUT2D eigenvalue weighted by Gasteiger charge is 2.51. The third-order valence-corrected chi connectivity index (χ3v) is 6.38. The molecule has 3 N–H and O–H groups in total. The lowest BCUT2D eigenvalue weighted by atomic mass is 9.82. The maximum absolute atomic E-state index is 12.6. The number of hydrogen-bond acceptors (Lipinski definition) is 4. The Balaban J connectivity index is 1.73. The Morgan fingerprint density at radius 1 is 1.12 bits per heavy atom. The van der Waals surface area contributed by atoms with Gasteiger partial charge in [-0.05, 0) is 42.5 Å². The number of benzene rings is 1. The molecule has 0 aromatic heterocycles. The Labute approximate surface area is 146 Å². The van der Waals surface area contributed by atoms with E-state index in [2.05, 4.69) is 10.0 Å². The molecule has 134 valence electrons. The number of carbonyl (C=O) groups is 2. The van der Waals surface area contributed by atoms with E-state index in [1.807, 2.05) is 12.2 Å². The van der Waals surface area contributed by atoms with Crippen molar-refractivity contribution in [3.63, 3.8) is 0 Å². The second kappa shape index (κ2) is 6.61. The third kappa shape index (κ3) is 3.32. The van der Waals surface area contributed by atoms with Crippen molar-refractivity contribution >= 4 is 27.6 Å². The van der Waals surface area contributed by atoms with Crippen molar-refractivity contribution in [1.29, 1.82) is 0 Å². The van der Waals surface area contributed by atoms with E-state index >= 15 is 0 Å². The van der Waals surface area contributed by atoms with Crippen molar-refractivity contribution in [3.8, 4) is 0 Å². The molecule has 4 unspecified atom stereocenters. The molecule has 0 heterocycles. The molecule has 4 atom stereocenters. The van der Waals surface area contributed by atoms with Crippen LogP contribution in [-0.4, -0.2) is 31.9 Å². The molecule has 1 aromatic carbocycles. The largest absolute Gasteiger partial charge is 0.481 e. The minimum absolute atomic E-state index is 0.0560. The van der Waals surface area contributed by atoms with Crippen molar-refractivity contribution in [2.24, 2.45) is 23.7 Å². The Morgan fingerprint density at radius 2 is 1.72 bits per heavy atom. The number of nitrogens with one attached hydrogen (secondary N) is 2. The molecule has 2 bridgehead atoms. The van der Waals surface area contributed by atoms with Crippen LogP contribution in [0.25, 0.3) is 0 Å². The van der Waals surface area contributed by atoms with Crippen molar-refractivity contribution in [1.82, 2.24) is 4.72 Å². The number of amides is 1. The van der Waals surface area contributed by atoms with Gasteiger partial charge in [0.25, 0.3) is 0 Å². The number of carboxylic acids is 1. The van der Waals surface area contributed by atoms with Crippen LogP contribution >= 0.6 is 0 Å². The van der Waals surface area contributed by atoms with Crippen molar-refractivity contribution in [2.45, 2.75) is 18.2 Å². The van der Waals surface area contributed by atoms with Crippen molar-refractivity contribution in [2.75, 3.05) is 11.9 Å². The Bertz CT molecular complexity index is 816. The second-order valence-electron chi connectivity index (χ2n) is 6.35. The zero-order valence-corrected chi connectivity index (χ0v) is 14.5. The summed E-state index contributed by atoms with van der Waals surface area (Å²) in [4.78, 5) is 24.2. The lowest BCUT2D eigenvalue weighted by molar-refractivity contribution is -0.146. The average molecular weight is 364 g/mol. The molecule has 0 aliphatic heterocycles. The zero-order chi connectivity index (χ0) is 18.2. The molecule has 2 aliphatic rings. The molecule has 0 spiro atoms. The van der Waals surface area contributed by atoms with Gasteiger partial charge < -0.3 is 10.4 Å². The highest BCUT2D eigenvalue weighted by Crippen LogP contribution is 2.48. The molecule has 7 nitrogen and oxygen atoms in total. The number of fused-ring (bicyclic) bond motifs is 2. The zero-order valence-electron chi connectivity index (χ0n) is 13.7. The van der Waals surface area contributed by atoms with Crippen LogP contribution in [0.4, 0.5) is 5.69 Å². The number of carbonyl (C=O) groups excluding carboxylic acids is 1. The summed E-state index contributed by atoms with van der Waals surface area (Å²) in [5.41, 5.74) is 0.441. The van der Waals surface area contributed by atoms with Crippen LogP contribution in [0, 0.1) is 23.7 Å². The molecule has 2 aliphatic carbocycles. The first-order chi connectivity index (χ1) is 11.8. The normalized spacial score (nSPS) is 27.4. The summed E-state index contributed by atoms with van der Waals surface area (Å²) in [5, 5.41) is 12.1. The van der Waals surface area contributed by atoms with Gasteiger partial charge in [0.05, 0.1) is 16.7 Å². The summed E-state index contributed by atoms with van der Waals surface area (Å²) < 4.78 is 26.2. The van der Waals surface area contributed by atoms with Crippen molar-refractivity contribution < 1.29 is 23.1 Å². The van der Waals surface area contributed by atoms with Gasteiger partial charge in [0.15, 0.2) is 0 Å². The molecule has 1 saturated carbocycles. The van der Waals surface area contributed by atoms with E-state index in [0.717, 1.165) is 0 Å². The van der Waals surface area contributed by atoms with E-state index < -0.39 is 27.8 Å². The first-order valence-electron chi connectivity index (χ1n) is 8.15. The van der Waals surface area contributed by atoms with Gasteiger partial charge in [-0.2, -0.15) is 0 Å². The minimum atomic E-state index is -3.55. The highest BCUT2D eigenvalue weighted by atomic mass is 32.2. The number of anilines is 1. The summed E-state index contributed by atoms with van der Waals surface area (Å²) in [5.74, 6) is -2.75. The van der Waals surface area contributed by atoms with Crippen molar-refractivity contribution in [3.05, 3.63) is 36.4 Å². The highest BCUT2D eigenvalue weighted by molar-refractivity contribution is 7.89. The van der Waals surface area contributed by atoms with Gasteiger partial charge in [-0.15, -0.1) is 0 Å². The fourth-order valence-corrected chi connectivity index (χ4v) is 4.77. The van der Waals surface area contributed by atoms with E-state index in [1.165, 1.54) is 24.3 Å². The average Bonchev–Trinajstić information content (AvgIpc) is 3.16. The molecular weight excluding hydrogens is 344 g/mol. The van der Waals surface area contributed by atoms with Gasteiger partial charge in [0, 0.05) is 12.2 Å². The van der Waals surface area contributed by atoms with Gasteiger partial charge in [-0.25, -0.2) is 13.1 Å². The lowest BCUT2D eigenvalue weighted by Crippen LogP contribution is -2.36. The second-order valence-corrected chi connectivity index (χ2v) is 8.12. The summed E-state index contributed by atoms with van der Waals surface area (Å²) >= 11 is 0. The predicted octanol–water partition coefficient (Wildman–Crippen LogP) is 1.45. The Morgan fingerprint density at radius 3 is 2.28 bits per heavy atom. The summed E-state index contributed by atoms with van der Waals surface area (Å²) in [6.45, 7) is 1.98. The van der Waals surface area contributed by atoms with E-state index in [0.29, 0.717) is 12.1 Å². The quantitative estimate of drug-likeness (QED) is 0.661. The maximum atomic E-state index is 12.6. The molecule has 0 radical (unpaired) electrons. The number of carboxylic acid groups (broad SMARTS) is 1. The van der Waals surface area contributed by atoms with Gasteiger partial charge in [0.1, 0.15) is 0 Å². The number of allylic oxidation sites excluding steroid dienone is 2. The summed E-state index contributed by atoms with van der Waals surface area (Å²) in [7, 11) is -3.55. The molecular formula is C17H20N2O5S. The number of rotatable bonds is 6. The van der Waals surface area contributed by atoms with Gasteiger partial charge in [-0.3, -0.25) is 9.59 Å². The van der Waals surface area contributed by atoms with E-state index in [-0.39, 0.29) is 29.2 Å². The summed E-state index contributed by atoms with van der Waals surface area (Å²) in [6, 6.07) is 5.81. The first-order valence-corrected chi connectivity index (χ1v) is 9.63. The number of sulfonamides is 1. The molecule has 1 aromatic rings. The lowest BCUT2D eigenvalue weighted by Gasteiger charge is -2.23. The number of aliphatic carboxylic acids is 1. The van der Waals surface area contributed by atoms with Crippen LogP contribution in [0.2, 0.25) is 0 Å². The molecule has 1 fully saturated rings. The topological polar surface area (TPSA) is 113 Å². The molecule has 8 heteroatoms. The predicted molar refractivity (Wildman–Crippen MR) is 91.3 cm³/mol. The van der Waals surface area contributed by atoms with Crippen LogP contribution in [-0.2, 0) is 19.6 Å². The van der Waals surface area contributed by atoms with Gasteiger partial charge >= 0.3 is 5.97 Å². The van der Waals surface area contributed by atoms with Crippen LogP contribution in [0.1, 0.15) is 13.3 Å². The monoisotopic (exact) mass is 364 g/mol. The van der Waals surface area contributed by atoms with Crippen LogP contribution < -0.4 is 10.0 Å². The van der Waals surface area contributed by atoms with Gasteiger partial charge in [0.2, 0.25) is 15.9 Å². The maximum Gasteiger partial charge on any atom is 0.307 e. The fraction of sp³-hybridized carbons (Fsp3) is 0.412. The summed E-state index contributed by atoms with van der Waals surface area (Å²) in [6.07, 6.45) is 4.49. The van der Waals surface area contributed by atoms with Crippen LogP contribution in [0.3, 0.4) is 0 Å². The number of hydrogen-bond donors (Lipinski definition) is 3. The molecule has 1 amide bonds. The Kier molecular flexibility index (Phi) is 4.66.